The number of aromatic nitrogens is 1. The van der Waals surface area contributed by atoms with Gasteiger partial charge >= 0.3 is 6.18 Å². The summed E-state index contributed by atoms with van der Waals surface area (Å²) in [6.07, 6.45) is -3.03. The Balaban J connectivity index is 2.08. The number of anilines is 1. The molecule has 7 heteroatoms. The van der Waals surface area contributed by atoms with Gasteiger partial charge in [0.25, 0.3) is 0 Å². The van der Waals surface area contributed by atoms with Crippen LogP contribution in [0.15, 0.2) is 18.3 Å². The molecule has 19 heavy (non-hydrogen) atoms. The number of hydrogen-bond acceptors (Lipinski definition) is 4. The molecule has 0 aromatic carbocycles. The molecule has 1 aliphatic heterocycles. The number of halogens is 3. The number of hydrogen-bond donors (Lipinski definition) is 3. The van der Waals surface area contributed by atoms with Crippen LogP contribution in [0.2, 0.25) is 0 Å². The maximum Gasteiger partial charge on any atom is 0.419 e. The van der Waals surface area contributed by atoms with Gasteiger partial charge in [-0.3, -0.25) is 10.9 Å². The molecule has 2 rings (SSSR count). The van der Waals surface area contributed by atoms with Crippen molar-refractivity contribution in [3.63, 3.8) is 0 Å². The minimum absolute atomic E-state index is 0.110. The molecule has 3 N–H and O–H groups in total. The van der Waals surface area contributed by atoms with Crippen molar-refractivity contribution < 1.29 is 13.2 Å². The number of rotatable bonds is 3. The standard InChI is InChI=1S/C12H17F3N4/c1-7-9(8(2)19-18-7)6-17-11-10(12(13,14)15)4-3-5-16-11/h3-5,7-9,18-19H,6H2,1-2H3,(H,16,17). The van der Waals surface area contributed by atoms with Gasteiger partial charge in [0.2, 0.25) is 0 Å². The lowest BCUT2D eigenvalue weighted by Crippen LogP contribution is -2.30. The summed E-state index contributed by atoms with van der Waals surface area (Å²) in [5.41, 5.74) is 5.41. The minimum Gasteiger partial charge on any atom is -0.369 e. The molecular formula is C12H17F3N4. The molecule has 1 saturated heterocycles. The first-order valence-electron chi connectivity index (χ1n) is 6.16. The minimum atomic E-state index is -4.39. The van der Waals surface area contributed by atoms with Crippen LogP contribution in [-0.4, -0.2) is 23.6 Å². The second-order valence-corrected chi connectivity index (χ2v) is 4.81. The average Bonchev–Trinajstić information content (AvgIpc) is 2.66. The molecule has 1 aromatic heterocycles. The van der Waals surface area contributed by atoms with Crippen LogP contribution in [0.25, 0.3) is 0 Å². The Morgan fingerprint density at radius 2 is 1.89 bits per heavy atom. The van der Waals surface area contributed by atoms with E-state index in [1.807, 2.05) is 13.8 Å². The van der Waals surface area contributed by atoms with Gasteiger partial charge in [-0.1, -0.05) is 0 Å². The quantitative estimate of drug-likeness (QED) is 0.789. The summed E-state index contributed by atoms with van der Waals surface area (Å²) in [4.78, 5) is 3.78. The van der Waals surface area contributed by atoms with Gasteiger partial charge in [0.15, 0.2) is 0 Å². The third-order valence-electron chi connectivity index (χ3n) is 3.44. The highest BCUT2D eigenvalue weighted by Crippen LogP contribution is 2.33. The van der Waals surface area contributed by atoms with Gasteiger partial charge < -0.3 is 5.32 Å². The summed E-state index contributed by atoms with van der Waals surface area (Å²) >= 11 is 0. The van der Waals surface area contributed by atoms with Gasteiger partial charge in [-0.25, -0.2) is 4.98 Å². The van der Waals surface area contributed by atoms with Crippen molar-refractivity contribution >= 4 is 5.82 Å². The Bertz CT molecular complexity index is 425. The number of nitrogens with zero attached hydrogens (tertiary/aromatic N) is 1. The van der Waals surface area contributed by atoms with Crippen LogP contribution in [0.1, 0.15) is 19.4 Å². The van der Waals surface area contributed by atoms with Gasteiger partial charge in [0.05, 0.1) is 5.56 Å². The van der Waals surface area contributed by atoms with Crippen LogP contribution in [-0.2, 0) is 6.18 Å². The number of alkyl halides is 3. The second-order valence-electron chi connectivity index (χ2n) is 4.81. The van der Waals surface area contributed by atoms with E-state index in [-0.39, 0.29) is 23.8 Å². The number of hydrazine groups is 1. The van der Waals surface area contributed by atoms with Crippen molar-refractivity contribution in [3.05, 3.63) is 23.9 Å². The Hall–Kier alpha value is -1.34. The molecule has 2 atom stereocenters. The highest BCUT2D eigenvalue weighted by molar-refractivity contribution is 5.45. The zero-order chi connectivity index (χ0) is 14.0. The van der Waals surface area contributed by atoms with Crippen LogP contribution in [0.5, 0.6) is 0 Å². The van der Waals surface area contributed by atoms with Gasteiger partial charge in [0.1, 0.15) is 5.82 Å². The molecule has 0 bridgehead atoms. The maximum absolute atomic E-state index is 12.8. The van der Waals surface area contributed by atoms with Crippen LogP contribution >= 0.6 is 0 Å². The molecular weight excluding hydrogens is 257 g/mol. The molecule has 0 aliphatic carbocycles. The van der Waals surface area contributed by atoms with E-state index in [0.717, 1.165) is 6.07 Å². The van der Waals surface area contributed by atoms with Crippen molar-refractivity contribution in [2.24, 2.45) is 5.92 Å². The SMILES string of the molecule is CC1NNC(C)C1CNc1ncccc1C(F)(F)F. The lowest BCUT2D eigenvalue weighted by molar-refractivity contribution is -0.137. The van der Waals surface area contributed by atoms with Crippen molar-refractivity contribution in [2.75, 3.05) is 11.9 Å². The van der Waals surface area contributed by atoms with Crippen LogP contribution in [0, 0.1) is 5.92 Å². The molecule has 0 amide bonds. The molecule has 4 nitrogen and oxygen atoms in total. The average molecular weight is 274 g/mol. The van der Waals surface area contributed by atoms with Crippen molar-refractivity contribution in [1.82, 2.24) is 15.8 Å². The summed E-state index contributed by atoms with van der Waals surface area (Å²) in [7, 11) is 0. The van der Waals surface area contributed by atoms with Crippen molar-refractivity contribution in [3.8, 4) is 0 Å². The van der Waals surface area contributed by atoms with E-state index in [9.17, 15) is 13.2 Å². The Morgan fingerprint density at radius 3 is 2.47 bits per heavy atom. The third kappa shape index (κ3) is 3.16. The van der Waals surface area contributed by atoms with E-state index in [2.05, 4.69) is 21.2 Å². The molecule has 1 aromatic rings. The second kappa shape index (κ2) is 5.34. The highest BCUT2D eigenvalue weighted by Gasteiger charge is 2.35. The summed E-state index contributed by atoms with van der Waals surface area (Å²) in [6.45, 7) is 4.42. The maximum atomic E-state index is 12.8. The molecule has 0 spiro atoms. The highest BCUT2D eigenvalue weighted by atomic mass is 19.4. The fourth-order valence-electron chi connectivity index (χ4n) is 2.25. The number of pyridine rings is 1. The van der Waals surface area contributed by atoms with Gasteiger partial charge in [-0.05, 0) is 26.0 Å². The smallest absolute Gasteiger partial charge is 0.369 e. The molecule has 0 saturated carbocycles. The lowest BCUT2D eigenvalue weighted by atomic mass is 9.97. The van der Waals surface area contributed by atoms with E-state index in [1.54, 1.807) is 0 Å². The van der Waals surface area contributed by atoms with Crippen LogP contribution in [0.3, 0.4) is 0 Å². The summed E-state index contributed by atoms with van der Waals surface area (Å²) < 4.78 is 38.4. The first-order chi connectivity index (χ1) is 8.89. The van der Waals surface area contributed by atoms with Gasteiger partial charge in [-0.15, -0.1) is 0 Å². The Morgan fingerprint density at radius 1 is 1.26 bits per heavy atom. The third-order valence-corrected chi connectivity index (χ3v) is 3.44. The summed E-state index contributed by atoms with van der Waals surface area (Å²) in [5.74, 6) is 0.0874. The van der Waals surface area contributed by atoms with Crippen LogP contribution < -0.4 is 16.2 Å². The van der Waals surface area contributed by atoms with Crippen molar-refractivity contribution in [2.45, 2.75) is 32.1 Å². The molecule has 1 fully saturated rings. The Labute approximate surface area is 109 Å². The molecule has 2 unspecified atom stereocenters. The van der Waals surface area contributed by atoms with E-state index in [0.29, 0.717) is 6.54 Å². The van der Waals surface area contributed by atoms with E-state index < -0.39 is 11.7 Å². The summed E-state index contributed by atoms with van der Waals surface area (Å²) in [6, 6.07) is 2.71. The van der Waals surface area contributed by atoms with E-state index >= 15 is 0 Å². The zero-order valence-corrected chi connectivity index (χ0v) is 10.8. The first kappa shape index (κ1) is 14.1. The van der Waals surface area contributed by atoms with Crippen LogP contribution in [0.4, 0.5) is 19.0 Å². The zero-order valence-electron chi connectivity index (χ0n) is 10.8. The van der Waals surface area contributed by atoms with Crippen molar-refractivity contribution in [1.29, 1.82) is 0 Å². The van der Waals surface area contributed by atoms with E-state index in [1.165, 1.54) is 12.3 Å². The normalized spacial score (nSPS) is 27.5. The predicted octanol–water partition coefficient (Wildman–Crippen LogP) is 2.01. The summed E-state index contributed by atoms with van der Waals surface area (Å²) in [5, 5.41) is 2.81. The van der Waals surface area contributed by atoms with Gasteiger partial charge in [0, 0.05) is 30.7 Å². The Kier molecular flexibility index (Phi) is 3.96. The first-order valence-corrected chi connectivity index (χ1v) is 6.16. The molecule has 106 valence electrons. The van der Waals surface area contributed by atoms with E-state index in [4.69, 9.17) is 0 Å². The largest absolute Gasteiger partial charge is 0.419 e. The molecule has 2 heterocycles. The monoisotopic (exact) mass is 274 g/mol. The van der Waals surface area contributed by atoms with Gasteiger partial charge in [-0.2, -0.15) is 13.2 Å². The fraction of sp³-hybridized carbons (Fsp3) is 0.583. The molecule has 0 radical (unpaired) electrons. The predicted molar refractivity (Wildman–Crippen MR) is 66.4 cm³/mol. The lowest BCUT2D eigenvalue weighted by Gasteiger charge is -2.20. The topological polar surface area (TPSA) is 49.0 Å². The fourth-order valence-corrected chi connectivity index (χ4v) is 2.25. The molecule has 1 aliphatic rings. The number of nitrogens with one attached hydrogen (secondary N) is 3.